The van der Waals surface area contributed by atoms with Gasteiger partial charge in [-0.05, 0) is 63.8 Å². The van der Waals surface area contributed by atoms with Gasteiger partial charge in [0.15, 0.2) is 11.5 Å². The van der Waals surface area contributed by atoms with E-state index in [1.807, 2.05) is 20.8 Å². The first-order valence-corrected chi connectivity index (χ1v) is 8.86. The van der Waals surface area contributed by atoms with Gasteiger partial charge < -0.3 is 14.8 Å². The Morgan fingerprint density at radius 1 is 1.31 bits per heavy atom. The molecule has 0 aliphatic heterocycles. The number of aryl methyl sites for hydroxylation is 2. The molecule has 6 nitrogen and oxygen atoms in total. The number of allylic oxidation sites excluding steroid dienone is 1. The second-order valence-electron chi connectivity index (χ2n) is 6.29. The van der Waals surface area contributed by atoms with Crippen molar-refractivity contribution >= 4 is 11.7 Å². The van der Waals surface area contributed by atoms with E-state index in [9.17, 15) is 10.1 Å². The Kier molecular flexibility index (Phi) is 6.40. The minimum Gasteiger partial charge on any atom is -0.461 e. The van der Waals surface area contributed by atoms with Crippen LogP contribution in [0.25, 0.3) is 0 Å². The third kappa shape index (κ3) is 4.42. The number of ether oxygens (including phenoxy) is 2. The maximum absolute atomic E-state index is 12.1. The number of rotatable bonds is 8. The predicted molar refractivity (Wildman–Crippen MR) is 99.0 cm³/mol. The quantitative estimate of drug-likeness (QED) is 0.423. The van der Waals surface area contributed by atoms with E-state index in [1.165, 1.54) is 0 Å². The van der Waals surface area contributed by atoms with E-state index in [-0.39, 0.29) is 24.0 Å². The fraction of sp³-hybridized carbons (Fsp3) is 0.450. The molecule has 1 aliphatic rings. The topological polar surface area (TPSA) is 95.2 Å². The Balaban J connectivity index is 2.45. The molecule has 138 valence electrons. The highest BCUT2D eigenvalue weighted by atomic mass is 16.5. The minimum absolute atomic E-state index is 0.198. The Hall–Kier alpha value is -2.81. The van der Waals surface area contributed by atoms with E-state index in [2.05, 4.69) is 11.4 Å². The van der Waals surface area contributed by atoms with E-state index in [0.29, 0.717) is 17.9 Å². The van der Waals surface area contributed by atoms with Crippen molar-refractivity contribution < 1.29 is 14.3 Å². The molecular weight excluding hydrogens is 330 g/mol. The lowest BCUT2D eigenvalue weighted by Gasteiger charge is -2.18. The first-order valence-electron chi connectivity index (χ1n) is 8.86. The summed E-state index contributed by atoms with van der Waals surface area (Å²) in [7, 11) is 0. The van der Waals surface area contributed by atoms with Crippen LogP contribution in [0.15, 0.2) is 23.6 Å². The second-order valence-corrected chi connectivity index (χ2v) is 6.29. The Morgan fingerprint density at radius 3 is 2.38 bits per heavy atom. The molecule has 0 bridgehead atoms. The van der Waals surface area contributed by atoms with Gasteiger partial charge in [-0.2, -0.15) is 5.26 Å². The van der Waals surface area contributed by atoms with Crippen LogP contribution in [-0.4, -0.2) is 24.8 Å². The van der Waals surface area contributed by atoms with Crippen LogP contribution < -0.4 is 10.1 Å². The summed E-state index contributed by atoms with van der Waals surface area (Å²) in [6, 6.07) is 5.68. The van der Waals surface area contributed by atoms with Crippen molar-refractivity contribution in [3.63, 3.8) is 0 Å². The zero-order valence-corrected chi connectivity index (χ0v) is 15.7. The summed E-state index contributed by atoms with van der Waals surface area (Å²) in [5.74, 6) is 0.261. The van der Waals surface area contributed by atoms with Gasteiger partial charge >= 0.3 is 5.97 Å². The van der Waals surface area contributed by atoms with Crippen molar-refractivity contribution in [3.8, 4) is 11.8 Å². The molecule has 1 aromatic carbocycles. The van der Waals surface area contributed by atoms with Crippen LogP contribution in [0.3, 0.4) is 0 Å². The van der Waals surface area contributed by atoms with Crippen molar-refractivity contribution in [2.45, 2.75) is 40.5 Å². The monoisotopic (exact) mass is 355 g/mol. The van der Waals surface area contributed by atoms with Crippen molar-refractivity contribution in [3.05, 3.63) is 40.3 Å². The molecule has 6 heteroatoms. The molecule has 0 saturated heterocycles. The molecule has 1 aromatic rings. The predicted octanol–water partition coefficient (Wildman–Crippen LogP) is 3.37. The SMILES string of the molecule is CCN/C(=C(/Oc1cc(C)c(C#N)c(C)c1)C(=N)C(=O)OCC)C1CC1. The van der Waals surface area contributed by atoms with Crippen LogP contribution in [0.4, 0.5) is 0 Å². The number of nitrogens with one attached hydrogen (secondary N) is 2. The van der Waals surface area contributed by atoms with Crippen molar-refractivity contribution in [2.24, 2.45) is 5.92 Å². The normalized spacial score (nSPS) is 14.1. The van der Waals surface area contributed by atoms with Gasteiger partial charge in [0.05, 0.1) is 23.9 Å². The summed E-state index contributed by atoms with van der Waals surface area (Å²) in [5.41, 5.74) is 2.67. The molecule has 0 heterocycles. The third-order valence-corrected chi connectivity index (χ3v) is 4.14. The molecule has 0 spiro atoms. The van der Waals surface area contributed by atoms with Crippen LogP contribution in [0.2, 0.25) is 0 Å². The van der Waals surface area contributed by atoms with Crippen molar-refractivity contribution in [1.82, 2.24) is 5.32 Å². The van der Waals surface area contributed by atoms with Gasteiger partial charge in [0.1, 0.15) is 5.75 Å². The minimum atomic E-state index is -0.708. The van der Waals surface area contributed by atoms with E-state index < -0.39 is 5.97 Å². The van der Waals surface area contributed by atoms with Crippen LogP contribution in [0.5, 0.6) is 5.75 Å². The van der Waals surface area contributed by atoms with Crippen LogP contribution in [-0.2, 0) is 9.53 Å². The molecule has 1 aliphatic carbocycles. The van der Waals surface area contributed by atoms with Gasteiger partial charge in [-0.3, -0.25) is 5.41 Å². The molecule has 0 radical (unpaired) electrons. The highest BCUT2D eigenvalue weighted by molar-refractivity contribution is 6.41. The van der Waals surface area contributed by atoms with Gasteiger partial charge in [0.25, 0.3) is 0 Å². The molecular formula is C20H25N3O3. The number of hydrogen-bond donors (Lipinski definition) is 2. The van der Waals surface area contributed by atoms with Gasteiger partial charge in [0.2, 0.25) is 0 Å². The molecule has 2 N–H and O–H groups in total. The molecule has 26 heavy (non-hydrogen) atoms. The number of nitriles is 1. The second kappa shape index (κ2) is 8.52. The molecule has 0 unspecified atom stereocenters. The van der Waals surface area contributed by atoms with Crippen LogP contribution in [0.1, 0.15) is 43.4 Å². The van der Waals surface area contributed by atoms with E-state index in [1.54, 1.807) is 19.1 Å². The van der Waals surface area contributed by atoms with Gasteiger partial charge in [-0.1, -0.05) is 0 Å². The Bertz CT molecular complexity index is 763. The first-order chi connectivity index (χ1) is 12.4. The number of benzene rings is 1. The van der Waals surface area contributed by atoms with Crippen LogP contribution in [0, 0.1) is 36.5 Å². The lowest BCUT2D eigenvalue weighted by molar-refractivity contribution is -0.135. The highest BCUT2D eigenvalue weighted by Gasteiger charge is 2.33. The van der Waals surface area contributed by atoms with E-state index >= 15 is 0 Å². The summed E-state index contributed by atoms with van der Waals surface area (Å²) in [4.78, 5) is 12.1. The number of esters is 1. The molecule has 1 fully saturated rings. The smallest absolute Gasteiger partial charge is 0.360 e. The van der Waals surface area contributed by atoms with Crippen LogP contribution >= 0.6 is 0 Å². The summed E-state index contributed by atoms with van der Waals surface area (Å²) in [6.45, 7) is 8.21. The first kappa shape index (κ1) is 19.5. The van der Waals surface area contributed by atoms with E-state index in [4.69, 9.17) is 14.9 Å². The zero-order chi connectivity index (χ0) is 19.3. The maximum atomic E-state index is 12.1. The summed E-state index contributed by atoms with van der Waals surface area (Å²) in [6.07, 6.45) is 1.99. The average Bonchev–Trinajstić information content (AvgIpc) is 3.42. The van der Waals surface area contributed by atoms with Crippen molar-refractivity contribution in [1.29, 1.82) is 10.7 Å². The molecule has 2 rings (SSSR count). The molecule has 0 aromatic heterocycles. The molecule has 0 amide bonds. The lowest BCUT2D eigenvalue weighted by atomic mass is 10.0. The number of nitrogens with zero attached hydrogens (tertiary/aromatic N) is 1. The Morgan fingerprint density at radius 2 is 1.92 bits per heavy atom. The Labute approximate surface area is 154 Å². The number of carbonyl (C=O) groups is 1. The summed E-state index contributed by atoms with van der Waals surface area (Å²) >= 11 is 0. The van der Waals surface area contributed by atoms with E-state index in [0.717, 1.165) is 29.7 Å². The third-order valence-electron chi connectivity index (χ3n) is 4.14. The van der Waals surface area contributed by atoms with Gasteiger partial charge in [0, 0.05) is 12.5 Å². The maximum Gasteiger partial charge on any atom is 0.360 e. The van der Waals surface area contributed by atoms with Gasteiger partial charge in [-0.15, -0.1) is 0 Å². The number of hydrogen-bond acceptors (Lipinski definition) is 6. The van der Waals surface area contributed by atoms with Crippen molar-refractivity contribution in [2.75, 3.05) is 13.2 Å². The van der Waals surface area contributed by atoms with Gasteiger partial charge in [-0.25, -0.2) is 4.79 Å². The standard InChI is InChI=1S/C20H25N3O3/c1-5-23-18(14-7-8-14)19(17(22)20(24)25-6-2)26-15-9-12(3)16(11-21)13(4)10-15/h9-10,14,22-23H,5-8H2,1-4H3/b19-18+,22-17?. The molecule has 1 saturated carbocycles. The highest BCUT2D eigenvalue weighted by Crippen LogP contribution is 2.37. The average molecular weight is 355 g/mol. The summed E-state index contributed by atoms with van der Waals surface area (Å²) < 4.78 is 11.0. The largest absolute Gasteiger partial charge is 0.461 e. The fourth-order valence-electron chi connectivity index (χ4n) is 2.79. The number of carbonyl (C=O) groups excluding carboxylic acids is 1. The fourth-order valence-corrected chi connectivity index (χ4v) is 2.79. The summed E-state index contributed by atoms with van der Waals surface area (Å²) in [5, 5.41) is 20.7. The zero-order valence-electron chi connectivity index (χ0n) is 15.7. The lowest BCUT2D eigenvalue weighted by Crippen LogP contribution is -2.28. The molecule has 0 atom stereocenters.